The molecular formula is C29H34N2O3S. The molecule has 2 heterocycles. The molecule has 6 heteroatoms. The lowest BCUT2D eigenvalue weighted by atomic mass is 9.93. The number of carbonyl (C=O) groups excluding carboxylic acids is 2. The summed E-state index contributed by atoms with van der Waals surface area (Å²) in [5, 5.41) is 2.11. The fourth-order valence-corrected chi connectivity index (χ4v) is 5.58. The Morgan fingerprint density at radius 2 is 1.86 bits per heavy atom. The van der Waals surface area contributed by atoms with Crippen LogP contribution in [0.4, 0.5) is 0 Å². The van der Waals surface area contributed by atoms with E-state index in [-0.39, 0.29) is 24.4 Å². The summed E-state index contributed by atoms with van der Waals surface area (Å²) < 4.78 is 5.33. The average molecular weight is 491 g/mol. The lowest BCUT2D eigenvalue weighted by Gasteiger charge is -2.37. The maximum absolute atomic E-state index is 13.7. The number of methoxy groups -OCH3 is 1. The molecule has 2 amide bonds. The standard InChI is InChI=1S/C29H34N2O3S/c1-3-4-18-30(27(32)15-10-22-8-6-5-7-9-22)21-28(33)31-19-16-26-25(17-20-35-26)29(31)23-11-13-24(34-2)14-12-23/h5-9,11-14,17,20,29H,3-4,10,15-16,18-19,21H2,1-2H3. The molecule has 3 aromatic rings. The van der Waals surface area contributed by atoms with Crippen LogP contribution in [0.15, 0.2) is 66.0 Å². The molecule has 1 atom stereocenters. The third-order valence-corrected chi connectivity index (χ3v) is 7.65. The maximum Gasteiger partial charge on any atom is 0.242 e. The molecule has 0 N–H and O–H groups in total. The van der Waals surface area contributed by atoms with Gasteiger partial charge in [-0.05, 0) is 59.5 Å². The van der Waals surface area contributed by atoms with Crippen LogP contribution >= 0.6 is 11.3 Å². The van der Waals surface area contributed by atoms with Crippen molar-refractivity contribution in [3.8, 4) is 5.75 Å². The van der Waals surface area contributed by atoms with E-state index in [2.05, 4.69) is 18.4 Å². The quantitative estimate of drug-likeness (QED) is 0.377. The summed E-state index contributed by atoms with van der Waals surface area (Å²) in [5.74, 6) is 0.847. The molecule has 1 aromatic heterocycles. The predicted molar refractivity (Wildman–Crippen MR) is 141 cm³/mol. The topological polar surface area (TPSA) is 49.9 Å². The van der Waals surface area contributed by atoms with E-state index in [1.165, 1.54) is 10.4 Å². The van der Waals surface area contributed by atoms with Crippen molar-refractivity contribution in [3.63, 3.8) is 0 Å². The third-order valence-electron chi connectivity index (χ3n) is 6.65. The molecule has 0 aliphatic carbocycles. The number of aryl methyl sites for hydroxylation is 1. The van der Waals surface area contributed by atoms with Crippen molar-refractivity contribution >= 4 is 23.2 Å². The number of ether oxygens (including phenoxy) is 1. The summed E-state index contributed by atoms with van der Waals surface area (Å²) in [6, 6.07) is 20.0. The number of carbonyl (C=O) groups is 2. The Morgan fingerprint density at radius 3 is 2.57 bits per heavy atom. The van der Waals surface area contributed by atoms with Crippen molar-refractivity contribution < 1.29 is 14.3 Å². The highest BCUT2D eigenvalue weighted by Crippen LogP contribution is 2.38. The summed E-state index contributed by atoms with van der Waals surface area (Å²) in [7, 11) is 1.65. The van der Waals surface area contributed by atoms with Crippen LogP contribution in [-0.4, -0.2) is 48.4 Å². The first-order valence-electron chi connectivity index (χ1n) is 12.4. The van der Waals surface area contributed by atoms with Crippen LogP contribution in [0, 0.1) is 0 Å². The van der Waals surface area contributed by atoms with Crippen LogP contribution in [0.5, 0.6) is 5.75 Å². The van der Waals surface area contributed by atoms with Gasteiger partial charge >= 0.3 is 0 Å². The zero-order valence-electron chi connectivity index (χ0n) is 20.6. The lowest BCUT2D eigenvalue weighted by Crippen LogP contribution is -2.47. The van der Waals surface area contributed by atoms with Crippen LogP contribution in [0.25, 0.3) is 0 Å². The van der Waals surface area contributed by atoms with E-state index in [1.54, 1.807) is 23.3 Å². The Kier molecular flexibility index (Phi) is 8.59. The molecule has 0 saturated heterocycles. The minimum atomic E-state index is -0.143. The number of hydrogen-bond acceptors (Lipinski definition) is 4. The molecule has 4 rings (SSSR count). The van der Waals surface area contributed by atoms with Gasteiger partial charge in [0.25, 0.3) is 0 Å². The highest BCUT2D eigenvalue weighted by molar-refractivity contribution is 7.10. The third kappa shape index (κ3) is 6.12. The van der Waals surface area contributed by atoms with Gasteiger partial charge in [-0.2, -0.15) is 0 Å². The fraction of sp³-hybridized carbons (Fsp3) is 0.379. The fourth-order valence-electron chi connectivity index (χ4n) is 4.68. The van der Waals surface area contributed by atoms with Crippen molar-refractivity contribution in [2.45, 2.75) is 45.1 Å². The van der Waals surface area contributed by atoms with Crippen LogP contribution in [0.3, 0.4) is 0 Å². The van der Waals surface area contributed by atoms with Crippen LogP contribution in [0.1, 0.15) is 53.8 Å². The minimum Gasteiger partial charge on any atom is -0.497 e. The van der Waals surface area contributed by atoms with Gasteiger partial charge in [-0.25, -0.2) is 0 Å². The molecule has 0 bridgehead atoms. The van der Waals surface area contributed by atoms with Crippen molar-refractivity contribution in [2.75, 3.05) is 26.7 Å². The highest BCUT2D eigenvalue weighted by atomic mass is 32.1. The molecule has 5 nitrogen and oxygen atoms in total. The van der Waals surface area contributed by atoms with Crippen molar-refractivity contribution in [1.29, 1.82) is 0 Å². The van der Waals surface area contributed by atoms with E-state index in [9.17, 15) is 9.59 Å². The van der Waals surface area contributed by atoms with E-state index in [1.807, 2.05) is 59.5 Å². The zero-order chi connectivity index (χ0) is 24.6. The second kappa shape index (κ2) is 12.0. The first-order chi connectivity index (χ1) is 17.1. The van der Waals surface area contributed by atoms with Gasteiger partial charge in [0.1, 0.15) is 5.75 Å². The summed E-state index contributed by atoms with van der Waals surface area (Å²) >= 11 is 1.75. The summed E-state index contributed by atoms with van der Waals surface area (Å²) in [4.78, 5) is 31.9. The Bertz CT molecular complexity index is 1110. The molecule has 35 heavy (non-hydrogen) atoms. The molecule has 1 aliphatic heterocycles. The van der Waals surface area contributed by atoms with Crippen molar-refractivity contribution in [3.05, 3.63) is 87.6 Å². The smallest absolute Gasteiger partial charge is 0.242 e. The summed E-state index contributed by atoms with van der Waals surface area (Å²) in [5.41, 5.74) is 3.40. The van der Waals surface area contributed by atoms with E-state index in [0.29, 0.717) is 25.9 Å². The highest BCUT2D eigenvalue weighted by Gasteiger charge is 2.33. The van der Waals surface area contributed by atoms with Crippen LogP contribution in [0.2, 0.25) is 0 Å². The van der Waals surface area contributed by atoms with Gasteiger partial charge in [0, 0.05) is 24.4 Å². The van der Waals surface area contributed by atoms with E-state index in [4.69, 9.17) is 4.74 Å². The number of amides is 2. The van der Waals surface area contributed by atoms with Crippen LogP contribution in [-0.2, 0) is 22.4 Å². The number of nitrogens with zero attached hydrogens (tertiary/aromatic N) is 2. The Labute approximate surface area is 212 Å². The minimum absolute atomic E-state index is 0.00633. The average Bonchev–Trinajstić information content (AvgIpc) is 3.38. The van der Waals surface area contributed by atoms with E-state index >= 15 is 0 Å². The molecule has 0 spiro atoms. The number of rotatable bonds is 10. The number of fused-ring (bicyclic) bond motifs is 1. The molecule has 2 aromatic carbocycles. The van der Waals surface area contributed by atoms with Gasteiger partial charge in [0.2, 0.25) is 11.8 Å². The number of thiophene rings is 1. The summed E-state index contributed by atoms with van der Waals surface area (Å²) in [6.45, 7) is 3.50. The Balaban J connectivity index is 1.51. The SMILES string of the molecule is CCCCN(CC(=O)N1CCc2sccc2C1c1ccc(OC)cc1)C(=O)CCc1ccccc1. The molecular weight excluding hydrogens is 456 g/mol. The number of benzene rings is 2. The molecule has 1 aliphatic rings. The van der Waals surface area contributed by atoms with Crippen molar-refractivity contribution in [2.24, 2.45) is 0 Å². The lowest BCUT2D eigenvalue weighted by molar-refractivity contribution is -0.141. The molecule has 184 valence electrons. The number of unbranched alkanes of at least 4 members (excludes halogenated alkanes) is 1. The summed E-state index contributed by atoms with van der Waals surface area (Å²) in [6.07, 6.45) is 3.82. The first kappa shape index (κ1) is 25.0. The largest absolute Gasteiger partial charge is 0.497 e. The monoisotopic (exact) mass is 490 g/mol. The Hall–Kier alpha value is -3.12. The van der Waals surface area contributed by atoms with Gasteiger partial charge in [-0.15, -0.1) is 11.3 Å². The zero-order valence-corrected chi connectivity index (χ0v) is 21.4. The van der Waals surface area contributed by atoms with Gasteiger partial charge in [0.05, 0.1) is 19.7 Å². The second-order valence-electron chi connectivity index (χ2n) is 8.97. The first-order valence-corrected chi connectivity index (χ1v) is 13.3. The van der Waals surface area contributed by atoms with E-state index in [0.717, 1.165) is 36.1 Å². The van der Waals surface area contributed by atoms with Gasteiger partial charge in [-0.3, -0.25) is 9.59 Å². The molecule has 1 unspecified atom stereocenters. The Morgan fingerprint density at radius 1 is 1.09 bits per heavy atom. The van der Waals surface area contributed by atoms with Gasteiger partial charge < -0.3 is 14.5 Å². The second-order valence-corrected chi connectivity index (χ2v) is 9.97. The predicted octanol–water partition coefficient (Wildman–Crippen LogP) is 5.49. The van der Waals surface area contributed by atoms with Gasteiger partial charge in [-0.1, -0.05) is 55.8 Å². The van der Waals surface area contributed by atoms with Crippen molar-refractivity contribution in [1.82, 2.24) is 9.80 Å². The maximum atomic E-state index is 13.7. The molecule has 0 radical (unpaired) electrons. The molecule has 0 fully saturated rings. The van der Waals surface area contributed by atoms with Crippen LogP contribution < -0.4 is 4.74 Å². The number of hydrogen-bond donors (Lipinski definition) is 0. The van der Waals surface area contributed by atoms with E-state index < -0.39 is 0 Å². The van der Waals surface area contributed by atoms with Gasteiger partial charge in [0.15, 0.2) is 0 Å². The molecule has 0 saturated carbocycles. The normalized spacial score (nSPS) is 14.9.